The highest BCUT2D eigenvalue weighted by Gasteiger charge is 2.28. The lowest BCUT2D eigenvalue weighted by Gasteiger charge is -2.24. The van der Waals surface area contributed by atoms with E-state index in [1.165, 1.54) is 6.07 Å². The molecule has 0 amide bonds. The standard InChI is InChI=1S/C17H26N2O5S/c1-3-4-5-8-24-16-14(19-7-6-12(2)11-19)9-13(17(20)21)10-15(16)25(18,22)23/h9-10,12H,3-8,11H2,1-2H3,(H,20,21)(H2,18,22,23). The first-order valence-electron chi connectivity index (χ1n) is 8.56. The molecule has 1 aliphatic rings. The van der Waals surface area contributed by atoms with E-state index in [4.69, 9.17) is 9.88 Å². The van der Waals surface area contributed by atoms with Gasteiger partial charge in [0.25, 0.3) is 0 Å². The Bertz CT molecular complexity index is 733. The lowest BCUT2D eigenvalue weighted by molar-refractivity contribution is 0.0696. The Labute approximate surface area is 148 Å². The highest BCUT2D eigenvalue weighted by atomic mass is 32.2. The monoisotopic (exact) mass is 370 g/mol. The molecule has 0 radical (unpaired) electrons. The molecule has 8 heteroatoms. The minimum atomic E-state index is -4.11. The van der Waals surface area contributed by atoms with Crippen LogP contribution in [0.3, 0.4) is 0 Å². The number of carboxylic acids is 1. The van der Waals surface area contributed by atoms with E-state index in [0.29, 0.717) is 18.2 Å². The minimum Gasteiger partial charge on any atom is -0.490 e. The van der Waals surface area contributed by atoms with E-state index < -0.39 is 16.0 Å². The summed E-state index contributed by atoms with van der Waals surface area (Å²) in [6, 6.07) is 2.56. The lowest BCUT2D eigenvalue weighted by Crippen LogP contribution is -2.23. The third-order valence-corrected chi connectivity index (χ3v) is 5.26. The molecule has 0 bridgehead atoms. The van der Waals surface area contributed by atoms with E-state index in [0.717, 1.165) is 44.8 Å². The second-order valence-electron chi connectivity index (χ2n) is 6.57. The van der Waals surface area contributed by atoms with E-state index in [9.17, 15) is 18.3 Å². The van der Waals surface area contributed by atoms with Crippen molar-refractivity contribution in [2.24, 2.45) is 11.1 Å². The molecule has 1 aromatic rings. The van der Waals surface area contributed by atoms with Crippen LogP contribution in [0.5, 0.6) is 5.75 Å². The molecule has 1 saturated heterocycles. The number of carbonyl (C=O) groups is 1. The highest BCUT2D eigenvalue weighted by molar-refractivity contribution is 7.89. The zero-order valence-corrected chi connectivity index (χ0v) is 15.5. The molecule has 25 heavy (non-hydrogen) atoms. The Morgan fingerprint density at radius 2 is 2.12 bits per heavy atom. The molecule has 7 nitrogen and oxygen atoms in total. The van der Waals surface area contributed by atoms with Crippen molar-refractivity contribution >= 4 is 21.7 Å². The molecule has 140 valence electrons. The number of benzene rings is 1. The Morgan fingerprint density at radius 3 is 2.64 bits per heavy atom. The Balaban J connectivity index is 2.51. The smallest absolute Gasteiger partial charge is 0.335 e. The molecular formula is C17H26N2O5S. The average Bonchev–Trinajstić information content (AvgIpc) is 2.96. The van der Waals surface area contributed by atoms with Gasteiger partial charge in [0.1, 0.15) is 4.90 Å². The first-order chi connectivity index (χ1) is 11.7. The molecule has 1 unspecified atom stereocenters. The molecule has 1 fully saturated rings. The Kier molecular flexibility index (Phi) is 6.29. The normalized spacial score (nSPS) is 17.7. The summed E-state index contributed by atoms with van der Waals surface area (Å²) in [5.74, 6) is -0.590. The van der Waals surface area contributed by atoms with Crippen LogP contribution in [0, 0.1) is 5.92 Å². The third kappa shape index (κ3) is 4.85. The second kappa shape index (κ2) is 8.05. The number of rotatable bonds is 8. The average molecular weight is 370 g/mol. The number of carboxylic acid groups (broad SMARTS) is 1. The molecule has 1 aliphatic heterocycles. The summed E-state index contributed by atoms with van der Waals surface area (Å²) < 4.78 is 29.9. The Morgan fingerprint density at radius 1 is 1.40 bits per heavy atom. The van der Waals surface area contributed by atoms with Gasteiger partial charge in [-0.1, -0.05) is 26.7 Å². The van der Waals surface area contributed by atoms with Crippen molar-refractivity contribution in [2.45, 2.75) is 44.4 Å². The van der Waals surface area contributed by atoms with Gasteiger partial charge in [-0.3, -0.25) is 0 Å². The molecule has 1 aromatic carbocycles. The summed E-state index contributed by atoms with van der Waals surface area (Å²) in [7, 11) is -4.11. The van der Waals surface area contributed by atoms with Gasteiger partial charge < -0.3 is 14.7 Å². The second-order valence-corrected chi connectivity index (χ2v) is 8.10. The van der Waals surface area contributed by atoms with Crippen LogP contribution < -0.4 is 14.8 Å². The zero-order valence-electron chi connectivity index (χ0n) is 14.7. The van der Waals surface area contributed by atoms with Crippen molar-refractivity contribution in [3.05, 3.63) is 17.7 Å². The summed E-state index contributed by atoms with van der Waals surface area (Å²) in [5.41, 5.74) is 0.379. The maximum absolute atomic E-state index is 12.0. The van der Waals surface area contributed by atoms with Gasteiger partial charge in [0.2, 0.25) is 10.0 Å². The van der Waals surface area contributed by atoms with E-state index in [1.807, 2.05) is 4.90 Å². The summed E-state index contributed by atoms with van der Waals surface area (Å²) in [5, 5.41) is 14.7. The van der Waals surface area contributed by atoms with E-state index in [1.54, 1.807) is 0 Å². The number of primary sulfonamides is 1. The van der Waals surface area contributed by atoms with Gasteiger partial charge in [-0.2, -0.15) is 0 Å². The summed E-state index contributed by atoms with van der Waals surface area (Å²) >= 11 is 0. The van der Waals surface area contributed by atoms with Gasteiger partial charge in [0.05, 0.1) is 17.9 Å². The maximum atomic E-state index is 12.0. The number of sulfonamides is 1. The fraction of sp³-hybridized carbons (Fsp3) is 0.588. The zero-order chi connectivity index (χ0) is 18.6. The molecule has 1 atom stereocenters. The van der Waals surface area contributed by atoms with Gasteiger partial charge in [0, 0.05) is 13.1 Å². The van der Waals surface area contributed by atoms with Gasteiger partial charge in [-0.05, 0) is 30.9 Å². The van der Waals surface area contributed by atoms with Crippen LogP contribution in [-0.2, 0) is 10.0 Å². The fourth-order valence-electron chi connectivity index (χ4n) is 2.98. The number of nitrogens with zero attached hydrogens (tertiary/aromatic N) is 1. The topological polar surface area (TPSA) is 110 Å². The maximum Gasteiger partial charge on any atom is 0.335 e. The van der Waals surface area contributed by atoms with Crippen LogP contribution >= 0.6 is 0 Å². The van der Waals surface area contributed by atoms with Crippen molar-refractivity contribution < 1.29 is 23.1 Å². The largest absolute Gasteiger partial charge is 0.490 e. The van der Waals surface area contributed by atoms with Crippen molar-refractivity contribution in [2.75, 3.05) is 24.6 Å². The van der Waals surface area contributed by atoms with Crippen LogP contribution in [-0.4, -0.2) is 39.2 Å². The quantitative estimate of drug-likeness (QED) is 0.680. The number of unbranched alkanes of at least 4 members (excludes halogenated alkanes) is 2. The molecular weight excluding hydrogens is 344 g/mol. The van der Waals surface area contributed by atoms with E-state index in [-0.39, 0.29) is 16.2 Å². The first kappa shape index (κ1) is 19.5. The van der Waals surface area contributed by atoms with Crippen LogP contribution in [0.15, 0.2) is 17.0 Å². The number of ether oxygens (including phenoxy) is 1. The van der Waals surface area contributed by atoms with Crippen LogP contribution in [0.2, 0.25) is 0 Å². The molecule has 0 aromatic heterocycles. The minimum absolute atomic E-state index is 0.112. The van der Waals surface area contributed by atoms with Crippen LogP contribution in [0.4, 0.5) is 5.69 Å². The van der Waals surface area contributed by atoms with Gasteiger partial charge in [-0.25, -0.2) is 18.4 Å². The third-order valence-electron chi connectivity index (χ3n) is 4.35. The van der Waals surface area contributed by atoms with Crippen molar-refractivity contribution in [3.8, 4) is 5.75 Å². The summed E-state index contributed by atoms with van der Waals surface area (Å²) in [6.07, 6.45) is 3.72. The SMILES string of the molecule is CCCCCOc1c(N2CCC(C)C2)cc(C(=O)O)cc1S(N)(=O)=O. The van der Waals surface area contributed by atoms with Crippen molar-refractivity contribution in [1.82, 2.24) is 0 Å². The Hall–Kier alpha value is -1.80. The summed E-state index contributed by atoms with van der Waals surface area (Å²) in [4.78, 5) is 13.1. The fourth-order valence-corrected chi connectivity index (χ4v) is 3.70. The number of hydrogen-bond acceptors (Lipinski definition) is 5. The van der Waals surface area contributed by atoms with E-state index >= 15 is 0 Å². The van der Waals surface area contributed by atoms with Crippen LogP contribution in [0.25, 0.3) is 0 Å². The number of hydrogen-bond donors (Lipinski definition) is 2. The van der Waals surface area contributed by atoms with Gasteiger partial charge >= 0.3 is 5.97 Å². The highest BCUT2D eigenvalue weighted by Crippen LogP contribution is 2.38. The first-order valence-corrected chi connectivity index (χ1v) is 10.1. The molecule has 3 N–H and O–H groups in total. The van der Waals surface area contributed by atoms with Gasteiger partial charge in [-0.15, -0.1) is 0 Å². The van der Waals surface area contributed by atoms with Crippen molar-refractivity contribution in [3.63, 3.8) is 0 Å². The predicted molar refractivity (Wildman–Crippen MR) is 95.8 cm³/mol. The lowest BCUT2D eigenvalue weighted by atomic mass is 10.1. The summed E-state index contributed by atoms with van der Waals surface area (Å²) in [6.45, 7) is 5.97. The van der Waals surface area contributed by atoms with Crippen LogP contribution in [0.1, 0.15) is 49.9 Å². The number of aromatic carboxylic acids is 1. The molecule has 1 heterocycles. The molecule has 0 aliphatic carbocycles. The van der Waals surface area contributed by atoms with Gasteiger partial charge in [0.15, 0.2) is 5.75 Å². The van der Waals surface area contributed by atoms with Crippen molar-refractivity contribution in [1.29, 1.82) is 0 Å². The predicted octanol–water partition coefficient (Wildman–Crippen LogP) is 2.45. The number of anilines is 1. The molecule has 0 saturated carbocycles. The molecule has 0 spiro atoms. The van der Waals surface area contributed by atoms with E-state index in [2.05, 4.69) is 13.8 Å². The number of nitrogens with two attached hydrogens (primary N) is 1. The molecule has 2 rings (SSSR count).